The Balaban J connectivity index is 2.15. The molecule has 0 aromatic heterocycles. The van der Waals surface area contributed by atoms with Crippen molar-refractivity contribution in [2.24, 2.45) is 17.6 Å². The number of rotatable bonds is 6. The lowest BCUT2D eigenvalue weighted by Crippen LogP contribution is -2.40. The van der Waals surface area contributed by atoms with Gasteiger partial charge in [0.15, 0.2) is 0 Å². The molecule has 3 nitrogen and oxygen atoms in total. The number of nitrogens with two attached hydrogens (primary N) is 1. The quantitative estimate of drug-likeness (QED) is 0.701. The van der Waals surface area contributed by atoms with Gasteiger partial charge in [-0.1, -0.05) is 33.1 Å². The van der Waals surface area contributed by atoms with Crippen molar-refractivity contribution >= 4 is 5.91 Å². The predicted molar refractivity (Wildman–Crippen MR) is 71.6 cm³/mol. The van der Waals surface area contributed by atoms with Crippen LogP contribution in [0.25, 0.3) is 0 Å². The van der Waals surface area contributed by atoms with Crippen LogP contribution in [-0.2, 0) is 4.79 Å². The summed E-state index contributed by atoms with van der Waals surface area (Å²) in [6.07, 6.45) is 7.77. The summed E-state index contributed by atoms with van der Waals surface area (Å²) < 4.78 is 0. The third-order valence-electron chi connectivity index (χ3n) is 3.94. The van der Waals surface area contributed by atoms with Crippen LogP contribution in [0.3, 0.4) is 0 Å². The summed E-state index contributed by atoms with van der Waals surface area (Å²) in [4.78, 5) is 11.9. The number of unbranched alkanes of at least 4 members (excludes halogenated alkanes) is 3. The Morgan fingerprint density at radius 2 is 2.06 bits per heavy atom. The van der Waals surface area contributed by atoms with Gasteiger partial charge in [0.1, 0.15) is 0 Å². The smallest absolute Gasteiger partial charge is 0.223 e. The molecule has 1 rings (SSSR count). The Kier molecular flexibility index (Phi) is 6.56. The molecule has 1 fully saturated rings. The van der Waals surface area contributed by atoms with Gasteiger partial charge in [-0.15, -0.1) is 0 Å². The van der Waals surface area contributed by atoms with Gasteiger partial charge < -0.3 is 11.1 Å². The Bertz CT molecular complexity index is 230. The predicted octanol–water partition coefficient (Wildman–Crippen LogP) is 2.45. The Morgan fingerprint density at radius 3 is 2.71 bits per heavy atom. The van der Waals surface area contributed by atoms with Gasteiger partial charge in [0.2, 0.25) is 5.91 Å². The fourth-order valence-electron chi connectivity index (χ4n) is 2.57. The minimum atomic E-state index is 0.205. The molecule has 0 spiro atoms. The van der Waals surface area contributed by atoms with Crippen LogP contribution in [0.4, 0.5) is 0 Å². The van der Waals surface area contributed by atoms with E-state index in [4.69, 9.17) is 5.73 Å². The molecule has 3 unspecified atom stereocenters. The van der Waals surface area contributed by atoms with Crippen molar-refractivity contribution in [3.63, 3.8) is 0 Å². The lowest BCUT2D eigenvalue weighted by Gasteiger charge is -2.31. The second kappa shape index (κ2) is 7.70. The number of nitrogens with one attached hydrogen (secondary N) is 1. The van der Waals surface area contributed by atoms with Gasteiger partial charge in [-0.2, -0.15) is 0 Å². The summed E-state index contributed by atoms with van der Waals surface area (Å²) in [6, 6.07) is 0.295. The number of amides is 1. The van der Waals surface area contributed by atoms with Gasteiger partial charge in [-0.3, -0.25) is 4.79 Å². The van der Waals surface area contributed by atoms with Gasteiger partial charge in [-0.25, -0.2) is 0 Å². The van der Waals surface area contributed by atoms with Crippen LogP contribution in [0.5, 0.6) is 0 Å². The molecule has 0 bridgehead atoms. The molecule has 0 saturated heterocycles. The van der Waals surface area contributed by atoms with Crippen LogP contribution in [0.15, 0.2) is 0 Å². The molecular weight excluding hydrogens is 212 g/mol. The molecule has 17 heavy (non-hydrogen) atoms. The molecule has 0 aliphatic heterocycles. The van der Waals surface area contributed by atoms with E-state index in [1.165, 1.54) is 19.3 Å². The minimum Gasteiger partial charge on any atom is -0.356 e. The third kappa shape index (κ3) is 5.07. The molecule has 1 saturated carbocycles. The minimum absolute atomic E-state index is 0.205. The number of carbonyl (C=O) groups excluding carboxylic acids is 1. The Labute approximate surface area is 106 Å². The van der Waals surface area contributed by atoms with E-state index in [9.17, 15) is 4.79 Å². The summed E-state index contributed by atoms with van der Waals surface area (Å²) in [5.74, 6) is 0.941. The summed E-state index contributed by atoms with van der Waals surface area (Å²) in [5, 5.41) is 3.07. The fraction of sp³-hybridized carbons (Fsp3) is 0.929. The first-order valence-corrected chi connectivity index (χ1v) is 7.18. The van der Waals surface area contributed by atoms with Crippen LogP contribution in [0.1, 0.15) is 58.8 Å². The van der Waals surface area contributed by atoms with Crippen molar-refractivity contribution in [1.82, 2.24) is 5.32 Å². The number of carbonyl (C=O) groups is 1. The van der Waals surface area contributed by atoms with Crippen molar-refractivity contribution in [3.8, 4) is 0 Å². The number of hydrogen-bond donors (Lipinski definition) is 2. The topological polar surface area (TPSA) is 55.1 Å². The zero-order valence-electron chi connectivity index (χ0n) is 11.4. The van der Waals surface area contributed by atoms with E-state index in [0.717, 1.165) is 32.2 Å². The van der Waals surface area contributed by atoms with E-state index in [-0.39, 0.29) is 11.8 Å². The first kappa shape index (κ1) is 14.5. The maximum absolute atomic E-state index is 11.9. The van der Waals surface area contributed by atoms with Gasteiger partial charge in [0.25, 0.3) is 0 Å². The van der Waals surface area contributed by atoms with E-state index in [2.05, 4.69) is 19.2 Å². The van der Waals surface area contributed by atoms with Crippen LogP contribution < -0.4 is 11.1 Å². The van der Waals surface area contributed by atoms with E-state index < -0.39 is 0 Å². The lowest BCUT2D eigenvalue weighted by atomic mass is 9.79. The normalized spacial score (nSPS) is 29.0. The standard InChI is InChI=1S/C14H28N2O/c1-3-4-5-6-9-16-14(17)12-7-8-13(15)11(2)10-12/h11-13H,3-10,15H2,1-2H3,(H,16,17). The SMILES string of the molecule is CCCCCCNC(=O)C1CCC(N)C(C)C1. The van der Waals surface area contributed by atoms with E-state index >= 15 is 0 Å². The maximum atomic E-state index is 11.9. The lowest BCUT2D eigenvalue weighted by molar-refractivity contribution is -0.126. The summed E-state index contributed by atoms with van der Waals surface area (Å²) in [5.41, 5.74) is 5.96. The molecule has 3 atom stereocenters. The highest BCUT2D eigenvalue weighted by atomic mass is 16.1. The second-order valence-corrected chi connectivity index (χ2v) is 5.50. The zero-order valence-corrected chi connectivity index (χ0v) is 11.4. The van der Waals surface area contributed by atoms with Crippen LogP contribution in [0, 0.1) is 11.8 Å². The third-order valence-corrected chi connectivity index (χ3v) is 3.94. The zero-order chi connectivity index (χ0) is 12.7. The molecule has 0 aromatic carbocycles. The summed E-state index contributed by atoms with van der Waals surface area (Å²) >= 11 is 0. The van der Waals surface area contributed by atoms with Crippen molar-refractivity contribution in [1.29, 1.82) is 0 Å². The fourth-order valence-corrected chi connectivity index (χ4v) is 2.57. The van der Waals surface area contributed by atoms with E-state index in [1.54, 1.807) is 0 Å². The maximum Gasteiger partial charge on any atom is 0.223 e. The molecule has 3 heteroatoms. The first-order chi connectivity index (χ1) is 8.15. The molecule has 3 N–H and O–H groups in total. The van der Waals surface area contributed by atoms with Gasteiger partial charge in [0, 0.05) is 18.5 Å². The average Bonchev–Trinajstić information content (AvgIpc) is 2.32. The number of hydrogen-bond acceptors (Lipinski definition) is 2. The van der Waals surface area contributed by atoms with E-state index in [0.29, 0.717) is 12.0 Å². The van der Waals surface area contributed by atoms with Crippen LogP contribution in [-0.4, -0.2) is 18.5 Å². The van der Waals surface area contributed by atoms with Crippen molar-refractivity contribution in [2.75, 3.05) is 6.54 Å². The Hall–Kier alpha value is -0.570. The molecule has 1 aliphatic carbocycles. The van der Waals surface area contributed by atoms with Crippen molar-refractivity contribution in [3.05, 3.63) is 0 Å². The molecule has 1 amide bonds. The van der Waals surface area contributed by atoms with Gasteiger partial charge in [0.05, 0.1) is 0 Å². The highest BCUT2D eigenvalue weighted by molar-refractivity contribution is 5.78. The van der Waals surface area contributed by atoms with Gasteiger partial charge >= 0.3 is 0 Å². The van der Waals surface area contributed by atoms with Gasteiger partial charge in [-0.05, 0) is 31.6 Å². The van der Waals surface area contributed by atoms with E-state index in [1.807, 2.05) is 0 Å². The summed E-state index contributed by atoms with van der Waals surface area (Å²) in [7, 11) is 0. The summed E-state index contributed by atoms with van der Waals surface area (Å²) in [6.45, 7) is 5.20. The van der Waals surface area contributed by atoms with Crippen molar-refractivity contribution < 1.29 is 4.79 Å². The first-order valence-electron chi connectivity index (χ1n) is 7.18. The monoisotopic (exact) mass is 240 g/mol. The molecule has 0 radical (unpaired) electrons. The van der Waals surface area contributed by atoms with Crippen LogP contribution in [0.2, 0.25) is 0 Å². The highest BCUT2D eigenvalue weighted by Crippen LogP contribution is 2.27. The van der Waals surface area contributed by atoms with Crippen LogP contribution >= 0.6 is 0 Å². The highest BCUT2D eigenvalue weighted by Gasteiger charge is 2.29. The van der Waals surface area contributed by atoms with Crippen molar-refractivity contribution in [2.45, 2.75) is 64.8 Å². The molecule has 0 aromatic rings. The molecular formula is C14H28N2O. The second-order valence-electron chi connectivity index (χ2n) is 5.50. The Morgan fingerprint density at radius 1 is 1.29 bits per heavy atom. The molecule has 100 valence electrons. The largest absolute Gasteiger partial charge is 0.356 e. The molecule has 1 aliphatic rings. The molecule has 0 heterocycles. The average molecular weight is 240 g/mol.